The number of rotatable bonds is 5. The monoisotopic (exact) mass is 318 g/mol. The normalized spacial score (nSPS) is 11.6. The topological polar surface area (TPSA) is 50.4 Å². The van der Waals surface area contributed by atoms with E-state index in [4.69, 9.17) is 16.3 Å². The molecule has 5 heteroatoms. The van der Waals surface area contributed by atoms with E-state index in [0.29, 0.717) is 10.7 Å². The predicted octanol–water partition coefficient (Wildman–Crippen LogP) is 4.10. The lowest BCUT2D eigenvalue weighted by molar-refractivity contribution is 0.249. The van der Waals surface area contributed by atoms with Crippen molar-refractivity contribution in [3.8, 4) is 5.75 Å². The van der Waals surface area contributed by atoms with Crippen LogP contribution in [0.5, 0.6) is 5.75 Å². The fourth-order valence-corrected chi connectivity index (χ4v) is 2.22. The summed E-state index contributed by atoms with van der Waals surface area (Å²) in [5.41, 5.74) is 1.85. The Morgan fingerprint density at radius 3 is 2.36 bits per heavy atom. The minimum atomic E-state index is -0.233. The third kappa shape index (κ3) is 4.97. The first-order chi connectivity index (χ1) is 10.6. The van der Waals surface area contributed by atoms with Gasteiger partial charge in [-0.15, -0.1) is 0 Å². The van der Waals surface area contributed by atoms with Crippen LogP contribution in [0.2, 0.25) is 5.02 Å². The minimum Gasteiger partial charge on any atom is -0.497 e. The van der Waals surface area contributed by atoms with Crippen LogP contribution in [0.4, 0.5) is 10.5 Å². The van der Waals surface area contributed by atoms with Gasteiger partial charge in [-0.2, -0.15) is 0 Å². The lowest BCUT2D eigenvalue weighted by Gasteiger charge is -2.15. The molecule has 0 saturated heterocycles. The van der Waals surface area contributed by atoms with Crippen LogP contribution < -0.4 is 15.4 Å². The van der Waals surface area contributed by atoms with Crippen LogP contribution in [0.25, 0.3) is 0 Å². The van der Waals surface area contributed by atoms with Gasteiger partial charge < -0.3 is 15.4 Å². The smallest absolute Gasteiger partial charge is 0.319 e. The summed E-state index contributed by atoms with van der Waals surface area (Å²) in [6.07, 6.45) is 0.748. The molecule has 1 atom stereocenters. The summed E-state index contributed by atoms with van der Waals surface area (Å²) < 4.78 is 5.12. The maximum atomic E-state index is 11.9. The summed E-state index contributed by atoms with van der Waals surface area (Å²) in [4.78, 5) is 11.9. The quantitative estimate of drug-likeness (QED) is 0.872. The molecular weight excluding hydrogens is 300 g/mol. The summed E-state index contributed by atoms with van der Waals surface area (Å²) in [5, 5.41) is 6.32. The molecule has 0 bridgehead atoms. The number of halogens is 1. The fraction of sp³-hybridized carbons (Fsp3) is 0.235. The van der Waals surface area contributed by atoms with Gasteiger partial charge in [0, 0.05) is 16.8 Å². The first kappa shape index (κ1) is 16.2. The molecule has 0 aromatic heterocycles. The Labute approximate surface area is 135 Å². The van der Waals surface area contributed by atoms with E-state index >= 15 is 0 Å². The Kier molecular flexibility index (Phi) is 5.67. The zero-order valence-electron chi connectivity index (χ0n) is 12.6. The second kappa shape index (κ2) is 7.71. The van der Waals surface area contributed by atoms with E-state index in [9.17, 15) is 4.79 Å². The molecule has 2 aromatic rings. The summed E-state index contributed by atoms with van der Waals surface area (Å²) in [6.45, 7) is 1.96. The van der Waals surface area contributed by atoms with Gasteiger partial charge in [0.05, 0.1) is 7.11 Å². The average Bonchev–Trinajstić information content (AvgIpc) is 2.50. The van der Waals surface area contributed by atoms with E-state index in [1.165, 1.54) is 0 Å². The highest BCUT2D eigenvalue weighted by atomic mass is 35.5. The lowest BCUT2D eigenvalue weighted by atomic mass is 10.1. The summed E-state index contributed by atoms with van der Waals surface area (Å²) in [5.74, 6) is 0.824. The first-order valence-corrected chi connectivity index (χ1v) is 7.40. The van der Waals surface area contributed by atoms with Crippen molar-refractivity contribution in [1.82, 2.24) is 5.32 Å². The molecule has 0 radical (unpaired) electrons. The average molecular weight is 319 g/mol. The molecule has 2 rings (SSSR count). The zero-order chi connectivity index (χ0) is 15.9. The maximum absolute atomic E-state index is 11.9. The number of urea groups is 1. The molecule has 2 amide bonds. The summed E-state index contributed by atoms with van der Waals surface area (Å²) >= 11 is 5.81. The predicted molar refractivity (Wildman–Crippen MR) is 89.8 cm³/mol. The van der Waals surface area contributed by atoms with E-state index in [1.807, 2.05) is 31.2 Å². The zero-order valence-corrected chi connectivity index (χ0v) is 13.4. The van der Waals surface area contributed by atoms with Gasteiger partial charge in [-0.1, -0.05) is 23.7 Å². The Bertz CT molecular complexity index is 612. The molecular formula is C17H19ClN2O2. The van der Waals surface area contributed by atoms with Crippen molar-refractivity contribution in [1.29, 1.82) is 0 Å². The second-order valence-electron chi connectivity index (χ2n) is 5.06. The van der Waals surface area contributed by atoms with Crippen LogP contribution >= 0.6 is 11.6 Å². The van der Waals surface area contributed by atoms with Gasteiger partial charge in [0.25, 0.3) is 0 Å². The van der Waals surface area contributed by atoms with Crippen LogP contribution in [-0.4, -0.2) is 19.2 Å². The van der Waals surface area contributed by atoms with Crippen LogP contribution in [0, 0.1) is 0 Å². The molecule has 0 aliphatic heterocycles. The third-order valence-corrected chi connectivity index (χ3v) is 3.43. The van der Waals surface area contributed by atoms with Gasteiger partial charge >= 0.3 is 6.03 Å². The summed E-state index contributed by atoms with van der Waals surface area (Å²) in [6, 6.07) is 14.6. The molecule has 2 aromatic carbocycles. The van der Waals surface area contributed by atoms with Crippen LogP contribution in [0.1, 0.15) is 12.5 Å². The van der Waals surface area contributed by atoms with Gasteiger partial charge in [-0.25, -0.2) is 4.79 Å². The number of benzene rings is 2. The van der Waals surface area contributed by atoms with Crippen molar-refractivity contribution < 1.29 is 9.53 Å². The van der Waals surface area contributed by atoms with E-state index in [-0.39, 0.29) is 12.1 Å². The van der Waals surface area contributed by atoms with E-state index in [0.717, 1.165) is 17.7 Å². The molecule has 0 heterocycles. The number of anilines is 1. The Balaban J connectivity index is 1.83. The number of hydrogen-bond donors (Lipinski definition) is 2. The standard InChI is InChI=1S/C17H19ClN2O2/c1-12(11-13-3-9-16(22-2)10-4-13)19-17(21)20-15-7-5-14(18)6-8-15/h3-10,12H,11H2,1-2H3,(H2,19,20,21). The Morgan fingerprint density at radius 2 is 1.77 bits per heavy atom. The molecule has 0 fully saturated rings. The second-order valence-corrected chi connectivity index (χ2v) is 5.50. The van der Waals surface area contributed by atoms with Crippen molar-refractivity contribution in [2.45, 2.75) is 19.4 Å². The van der Waals surface area contributed by atoms with Crippen molar-refractivity contribution >= 4 is 23.3 Å². The summed E-state index contributed by atoms with van der Waals surface area (Å²) in [7, 11) is 1.64. The molecule has 2 N–H and O–H groups in total. The van der Waals surface area contributed by atoms with Crippen molar-refractivity contribution in [2.75, 3.05) is 12.4 Å². The largest absolute Gasteiger partial charge is 0.497 e. The first-order valence-electron chi connectivity index (χ1n) is 7.03. The van der Waals surface area contributed by atoms with E-state index < -0.39 is 0 Å². The van der Waals surface area contributed by atoms with Gasteiger partial charge in [-0.3, -0.25) is 0 Å². The maximum Gasteiger partial charge on any atom is 0.319 e. The van der Waals surface area contributed by atoms with Crippen LogP contribution in [0.3, 0.4) is 0 Å². The van der Waals surface area contributed by atoms with Crippen molar-refractivity contribution in [3.05, 3.63) is 59.1 Å². The molecule has 22 heavy (non-hydrogen) atoms. The number of methoxy groups -OCH3 is 1. The number of amides is 2. The number of nitrogens with one attached hydrogen (secondary N) is 2. The van der Waals surface area contributed by atoms with Gasteiger partial charge in [-0.05, 0) is 55.3 Å². The van der Waals surface area contributed by atoms with E-state index in [2.05, 4.69) is 10.6 Å². The number of hydrogen-bond acceptors (Lipinski definition) is 2. The SMILES string of the molecule is COc1ccc(CC(C)NC(=O)Nc2ccc(Cl)cc2)cc1. The van der Waals surface area contributed by atoms with Crippen LogP contribution in [-0.2, 0) is 6.42 Å². The Hall–Kier alpha value is -2.20. The Morgan fingerprint density at radius 1 is 1.14 bits per heavy atom. The number of carbonyl (C=O) groups excluding carboxylic acids is 1. The lowest BCUT2D eigenvalue weighted by Crippen LogP contribution is -2.37. The van der Waals surface area contributed by atoms with Gasteiger partial charge in [0.1, 0.15) is 5.75 Å². The van der Waals surface area contributed by atoms with Crippen LogP contribution in [0.15, 0.2) is 48.5 Å². The molecule has 0 aliphatic carbocycles. The minimum absolute atomic E-state index is 0.0145. The molecule has 1 unspecified atom stereocenters. The van der Waals surface area contributed by atoms with Crippen molar-refractivity contribution in [3.63, 3.8) is 0 Å². The van der Waals surface area contributed by atoms with Gasteiger partial charge in [0.15, 0.2) is 0 Å². The van der Waals surface area contributed by atoms with E-state index in [1.54, 1.807) is 31.4 Å². The molecule has 116 valence electrons. The molecule has 0 spiro atoms. The van der Waals surface area contributed by atoms with Crippen molar-refractivity contribution in [2.24, 2.45) is 0 Å². The number of ether oxygens (including phenoxy) is 1. The highest BCUT2D eigenvalue weighted by Gasteiger charge is 2.08. The highest BCUT2D eigenvalue weighted by molar-refractivity contribution is 6.30. The van der Waals surface area contributed by atoms with Gasteiger partial charge in [0.2, 0.25) is 0 Å². The fourth-order valence-electron chi connectivity index (χ4n) is 2.09. The highest BCUT2D eigenvalue weighted by Crippen LogP contribution is 2.14. The molecule has 0 saturated carbocycles. The third-order valence-electron chi connectivity index (χ3n) is 3.18. The molecule has 4 nitrogen and oxygen atoms in total. The molecule has 0 aliphatic rings. The number of carbonyl (C=O) groups is 1.